The number of hydrogen-bond donors (Lipinski definition) is 1. The monoisotopic (exact) mass is 273 g/mol. The average Bonchev–Trinajstić information content (AvgIpc) is 2.48. The maximum Gasteiger partial charge on any atom is 0.258 e. The van der Waals surface area contributed by atoms with Gasteiger partial charge in [-0.3, -0.25) is 9.48 Å². The summed E-state index contributed by atoms with van der Waals surface area (Å²) in [4.78, 5) is 14.0. The van der Waals surface area contributed by atoms with Crippen LogP contribution in [0, 0.1) is 6.92 Å². The smallest absolute Gasteiger partial charge is 0.258 e. The van der Waals surface area contributed by atoms with Crippen LogP contribution in [0.4, 0.5) is 0 Å². The molecule has 18 heavy (non-hydrogen) atoms. The van der Waals surface area contributed by atoms with Gasteiger partial charge in [-0.1, -0.05) is 11.6 Å². The van der Waals surface area contributed by atoms with Crippen LogP contribution >= 0.6 is 11.6 Å². The van der Waals surface area contributed by atoms with Crippen molar-refractivity contribution >= 4 is 17.5 Å². The van der Waals surface area contributed by atoms with Crippen LogP contribution in [-0.4, -0.2) is 44.4 Å². The molecule has 0 saturated heterocycles. The van der Waals surface area contributed by atoms with Crippen LogP contribution in [0.15, 0.2) is 0 Å². The van der Waals surface area contributed by atoms with Gasteiger partial charge in [0.25, 0.3) is 5.91 Å². The molecule has 6 heteroatoms. The zero-order valence-electron chi connectivity index (χ0n) is 11.5. The van der Waals surface area contributed by atoms with Crippen molar-refractivity contribution in [2.75, 3.05) is 13.1 Å². The molecule has 0 unspecified atom stereocenters. The minimum Gasteiger partial charge on any atom is -0.389 e. The van der Waals surface area contributed by atoms with E-state index in [1.807, 2.05) is 6.92 Å². The van der Waals surface area contributed by atoms with Gasteiger partial charge in [0.2, 0.25) is 0 Å². The fourth-order valence-corrected chi connectivity index (χ4v) is 2.08. The van der Waals surface area contributed by atoms with E-state index in [1.165, 1.54) is 4.68 Å². The molecule has 0 aliphatic heterocycles. The Morgan fingerprint density at radius 3 is 2.44 bits per heavy atom. The Morgan fingerprint density at radius 1 is 1.56 bits per heavy atom. The summed E-state index contributed by atoms with van der Waals surface area (Å²) in [7, 11) is 1.69. The van der Waals surface area contributed by atoms with Crippen molar-refractivity contribution in [1.29, 1.82) is 0 Å². The number of aliphatic hydroxyl groups is 1. The van der Waals surface area contributed by atoms with Gasteiger partial charge in [-0.05, 0) is 27.7 Å². The van der Waals surface area contributed by atoms with E-state index in [0.29, 0.717) is 23.0 Å². The van der Waals surface area contributed by atoms with Crippen LogP contribution < -0.4 is 0 Å². The van der Waals surface area contributed by atoms with Gasteiger partial charge < -0.3 is 10.0 Å². The Hall–Kier alpha value is -1.07. The number of rotatable bonds is 4. The Labute approximate surface area is 112 Å². The fraction of sp³-hybridized carbons (Fsp3) is 0.667. The molecule has 0 aromatic carbocycles. The molecule has 1 aromatic rings. The van der Waals surface area contributed by atoms with Crippen molar-refractivity contribution < 1.29 is 9.90 Å². The molecule has 1 N–H and O–H groups in total. The highest BCUT2D eigenvalue weighted by Crippen LogP contribution is 2.21. The zero-order chi connectivity index (χ0) is 14.1. The highest BCUT2D eigenvalue weighted by Gasteiger charge is 2.27. The molecule has 0 spiro atoms. The predicted molar refractivity (Wildman–Crippen MR) is 70.8 cm³/mol. The van der Waals surface area contributed by atoms with Crippen LogP contribution in [0.1, 0.15) is 36.8 Å². The molecule has 1 amide bonds. The third kappa shape index (κ3) is 3.23. The molecule has 0 atom stereocenters. The summed E-state index contributed by atoms with van der Waals surface area (Å²) in [6.07, 6.45) is 0. The summed E-state index contributed by atoms with van der Waals surface area (Å²) < 4.78 is 1.47. The summed E-state index contributed by atoms with van der Waals surface area (Å²) in [6.45, 7) is 7.71. The second-order valence-corrected chi connectivity index (χ2v) is 5.36. The fourth-order valence-electron chi connectivity index (χ4n) is 1.83. The van der Waals surface area contributed by atoms with Gasteiger partial charge in [0.05, 0.1) is 16.9 Å². The summed E-state index contributed by atoms with van der Waals surface area (Å²) in [5, 5.41) is 14.3. The van der Waals surface area contributed by atoms with Crippen LogP contribution in [0.3, 0.4) is 0 Å². The molecular weight excluding hydrogens is 254 g/mol. The molecule has 1 aromatic heterocycles. The summed E-state index contributed by atoms with van der Waals surface area (Å²) in [5.74, 6) is -0.199. The second kappa shape index (κ2) is 5.28. The number of aromatic nitrogens is 2. The molecule has 102 valence electrons. The molecule has 0 aliphatic rings. The lowest BCUT2D eigenvalue weighted by Crippen LogP contribution is -2.42. The number of halogens is 1. The van der Waals surface area contributed by atoms with Crippen molar-refractivity contribution in [3.8, 4) is 0 Å². The maximum atomic E-state index is 12.4. The van der Waals surface area contributed by atoms with E-state index >= 15 is 0 Å². The van der Waals surface area contributed by atoms with Crippen LogP contribution in [-0.2, 0) is 7.05 Å². The van der Waals surface area contributed by atoms with Gasteiger partial charge in [0.15, 0.2) is 0 Å². The number of amides is 1. The summed E-state index contributed by atoms with van der Waals surface area (Å²) in [6, 6.07) is 0. The molecular formula is C12H20ClN3O2. The first kappa shape index (κ1) is 15.0. The number of nitrogens with zero attached hydrogens (tertiary/aromatic N) is 3. The SMILES string of the molecule is CCN(CC(C)(C)O)C(=O)c1c(C)nn(C)c1Cl. The van der Waals surface area contributed by atoms with Crippen molar-refractivity contribution in [1.82, 2.24) is 14.7 Å². The first-order chi connectivity index (χ1) is 8.17. The van der Waals surface area contributed by atoms with Gasteiger partial charge in [0, 0.05) is 20.1 Å². The maximum absolute atomic E-state index is 12.4. The molecule has 0 bridgehead atoms. The van der Waals surface area contributed by atoms with E-state index in [4.69, 9.17) is 11.6 Å². The van der Waals surface area contributed by atoms with Crippen molar-refractivity contribution in [3.05, 3.63) is 16.4 Å². The summed E-state index contributed by atoms with van der Waals surface area (Å²) in [5.41, 5.74) is 0.0702. The number of aryl methyl sites for hydroxylation is 2. The van der Waals surface area contributed by atoms with Crippen LogP contribution in [0.25, 0.3) is 0 Å². The Bertz CT molecular complexity index is 449. The molecule has 1 rings (SSSR count). The molecule has 0 aliphatic carbocycles. The normalized spacial score (nSPS) is 11.7. The predicted octanol–water partition coefficient (Wildman–Crippen LogP) is 1.61. The van der Waals surface area contributed by atoms with Gasteiger partial charge in [-0.2, -0.15) is 5.10 Å². The van der Waals surface area contributed by atoms with E-state index < -0.39 is 5.60 Å². The van der Waals surface area contributed by atoms with Gasteiger partial charge >= 0.3 is 0 Å². The molecule has 0 saturated carbocycles. The number of carbonyl (C=O) groups is 1. The molecule has 1 heterocycles. The first-order valence-electron chi connectivity index (χ1n) is 5.88. The van der Waals surface area contributed by atoms with E-state index in [9.17, 15) is 9.90 Å². The minimum atomic E-state index is -0.936. The lowest BCUT2D eigenvalue weighted by Gasteiger charge is -2.28. The number of hydrogen-bond acceptors (Lipinski definition) is 3. The molecule has 0 fully saturated rings. The second-order valence-electron chi connectivity index (χ2n) is 5.01. The van der Waals surface area contributed by atoms with Crippen molar-refractivity contribution in [3.63, 3.8) is 0 Å². The third-order valence-electron chi connectivity index (χ3n) is 2.61. The number of carbonyl (C=O) groups excluding carboxylic acids is 1. The zero-order valence-corrected chi connectivity index (χ0v) is 12.2. The first-order valence-corrected chi connectivity index (χ1v) is 6.26. The van der Waals surface area contributed by atoms with Crippen molar-refractivity contribution in [2.24, 2.45) is 7.05 Å². The van der Waals surface area contributed by atoms with Crippen LogP contribution in [0.2, 0.25) is 5.15 Å². The highest BCUT2D eigenvalue weighted by atomic mass is 35.5. The van der Waals surface area contributed by atoms with Gasteiger partial charge in [-0.25, -0.2) is 0 Å². The Kier molecular flexibility index (Phi) is 4.40. The van der Waals surface area contributed by atoms with Gasteiger partial charge in [0.1, 0.15) is 5.15 Å². The minimum absolute atomic E-state index is 0.199. The van der Waals surface area contributed by atoms with Crippen LogP contribution in [0.5, 0.6) is 0 Å². The van der Waals surface area contributed by atoms with E-state index in [2.05, 4.69) is 5.10 Å². The Morgan fingerprint density at radius 2 is 2.11 bits per heavy atom. The third-order valence-corrected chi connectivity index (χ3v) is 3.05. The molecule has 0 radical (unpaired) electrons. The topological polar surface area (TPSA) is 58.4 Å². The number of likely N-dealkylation sites (N-methyl/N-ethyl adjacent to an activating group) is 1. The highest BCUT2D eigenvalue weighted by molar-refractivity contribution is 6.33. The Balaban J connectivity index is 3.04. The van der Waals surface area contributed by atoms with E-state index in [1.54, 1.807) is 32.7 Å². The average molecular weight is 274 g/mol. The van der Waals surface area contributed by atoms with E-state index in [-0.39, 0.29) is 12.5 Å². The standard InChI is InChI=1S/C12H20ClN3O2/c1-6-16(7-12(3,4)18)11(17)9-8(2)14-15(5)10(9)13/h18H,6-7H2,1-5H3. The quantitative estimate of drug-likeness (QED) is 0.907. The largest absolute Gasteiger partial charge is 0.389 e. The van der Waals surface area contributed by atoms with Crippen molar-refractivity contribution in [2.45, 2.75) is 33.3 Å². The van der Waals surface area contributed by atoms with Gasteiger partial charge in [-0.15, -0.1) is 0 Å². The van der Waals surface area contributed by atoms with E-state index in [0.717, 1.165) is 0 Å². The summed E-state index contributed by atoms with van der Waals surface area (Å²) >= 11 is 6.07. The lowest BCUT2D eigenvalue weighted by atomic mass is 10.1. The molecule has 5 nitrogen and oxygen atoms in total. The lowest BCUT2D eigenvalue weighted by molar-refractivity contribution is 0.0314.